The summed E-state index contributed by atoms with van der Waals surface area (Å²) in [7, 11) is 0. The molecule has 118 valence electrons. The molecule has 0 bridgehead atoms. The van der Waals surface area contributed by atoms with E-state index in [1.807, 2.05) is 0 Å². The van der Waals surface area contributed by atoms with Gasteiger partial charge in [0.15, 0.2) is 0 Å². The van der Waals surface area contributed by atoms with Gasteiger partial charge in [0.2, 0.25) is 5.91 Å². The molecule has 3 rings (SSSR count). The highest BCUT2D eigenvalue weighted by Crippen LogP contribution is 2.19. The summed E-state index contributed by atoms with van der Waals surface area (Å²) in [5.74, 6) is -0.0480. The van der Waals surface area contributed by atoms with Gasteiger partial charge < -0.3 is 14.4 Å². The molecule has 3 heterocycles. The number of rotatable bonds is 10. The van der Waals surface area contributed by atoms with Crippen LogP contribution < -0.4 is 0 Å². The molecule has 2 atom stereocenters. The maximum absolute atomic E-state index is 12.2. The molecule has 0 radical (unpaired) electrons. The Kier molecular flexibility index (Phi) is 4.75. The van der Waals surface area contributed by atoms with E-state index in [0.29, 0.717) is 25.3 Å². The number of hydrogen-bond donors (Lipinski definition) is 0. The molecule has 3 amide bonds. The zero-order valence-corrected chi connectivity index (χ0v) is 12.5. The summed E-state index contributed by atoms with van der Waals surface area (Å²) in [4.78, 5) is 27.2. The molecule has 0 aliphatic carbocycles. The first-order valence-electron chi connectivity index (χ1n) is 8.06. The van der Waals surface area contributed by atoms with E-state index in [0.717, 1.165) is 51.7 Å². The Morgan fingerprint density at radius 2 is 1.48 bits per heavy atom. The number of unbranched alkanes of at least 4 members (excludes halogenated alkanes) is 2. The second kappa shape index (κ2) is 6.75. The van der Waals surface area contributed by atoms with E-state index in [9.17, 15) is 9.59 Å². The van der Waals surface area contributed by atoms with Gasteiger partial charge >= 0.3 is 6.03 Å². The highest BCUT2D eigenvalue weighted by molar-refractivity contribution is 6.01. The van der Waals surface area contributed by atoms with Gasteiger partial charge in [-0.1, -0.05) is 0 Å². The number of urea groups is 1. The SMILES string of the molecule is O=C1CN(CCCCC2CO2)C(=O)N1CCCCC1CO1. The molecule has 3 fully saturated rings. The van der Waals surface area contributed by atoms with E-state index in [2.05, 4.69) is 0 Å². The van der Waals surface area contributed by atoms with Crippen molar-refractivity contribution in [3.8, 4) is 0 Å². The molecule has 0 N–H and O–H groups in total. The van der Waals surface area contributed by atoms with Gasteiger partial charge in [-0.15, -0.1) is 0 Å². The summed E-state index contributed by atoms with van der Waals surface area (Å²) in [6.45, 7) is 3.26. The molecule has 3 saturated heterocycles. The number of hydrogen-bond acceptors (Lipinski definition) is 4. The molecule has 0 spiro atoms. The van der Waals surface area contributed by atoms with E-state index in [4.69, 9.17) is 9.47 Å². The van der Waals surface area contributed by atoms with Crippen LogP contribution in [-0.2, 0) is 14.3 Å². The first-order chi connectivity index (χ1) is 10.2. The van der Waals surface area contributed by atoms with Crippen LogP contribution in [-0.4, -0.2) is 66.8 Å². The van der Waals surface area contributed by atoms with E-state index < -0.39 is 0 Å². The number of amides is 3. The number of carbonyl (C=O) groups is 2. The van der Waals surface area contributed by atoms with Crippen LogP contribution in [0.25, 0.3) is 0 Å². The third-order valence-corrected chi connectivity index (χ3v) is 4.30. The second-order valence-electron chi connectivity index (χ2n) is 6.15. The fourth-order valence-corrected chi connectivity index (χ4v) is 2.77. The highest BCUT2D eigenvalue weighted by atomic mass is 16.6. The number of ether oxygens (including phenoxy) is 2. The molecule has 0 aromatic heterocycles. The Morgan fingerprint density at radius 3 is 2.05 bits per heavy atom. The molecular weight excluding hydrogens is 272 g/mol. The van der Waals surface area contributed by atoms with Crippen molar-refractivity contribution in [2.24, 2.45) is 0 Å². The summed E-state index contributed by atoms with van der Waals surface area (Å²) < 4.78 is 10.3. The van der Waals surface area contributed by atoms with Gasteiger partial charge in [-0.05, 0) is 38.5 Å². The Bertz CT molecular complexity index is 393. The smallest absolute Gasteiger partial charge is 0.327 e. The van der Waals surface area contributed by atoms with Crippen LogP contribution in [0.2, 0.25) is 0 Å². The van der Waals surface area contributed by atoms with Gasteiger partial charge in [0.25, 0.3) is 0 Å². The van der Waals surface area contributed by atoms with E-state index in [1.54, 1.807) is 4.90 Å². The first kappa shape index (κ1) is 14.8. The van der Waals surface area contributed by atoms with Crippen molar-refractivity contribution >= 4 is 11.9 Å². The van der Waals surface area contributed by atoms with Crippen LogP contribution in [0.15, 0.2) is 0 Å². The molecule has 6 heteroatoms. The Labute approximate surface area is 125 Å². The summed E-state index contributed by atoms with van der Waals surface area (Å²) in [6, 6.07) is -0.106. The molecule has 0 aromatic rings. The summed E-state index contributed by atoms with van der Waals surface area (Å²) in [5.41, 5.74) is 0. The van der Waals surface area contributed by atoms with Crippen LogP contribution in [0.1, 0.15) is 38.5 Å². The van der Waals surface area contributed by atoms with Gasteiger partial charge in [0.05, 0.1) is 25.4 Å². The lowest BCUT2D eigenvalue weighted by Crippen LogP contribution is -2.34. The van der Waals surface area contributed by atoms with Crippen molar-refractivity contribution in [1.29, 1.82) is 0 Å². The predicted octanol–water partition coefficient (Wildman–Crippen LogP) is 1.39. The average Bonchev–Trinajstić information content (AvgIpc) is 3.35. The molecule has 0 aromatic carbocycles. The van der Waals surface area contributed by atoms with Crippen molar-refractivity contribution in [2.75, 3.05) is 32.8 Å². The molecule has 6 nitrogen and oxygen atoms in total. The Morgan fingerprint density at radius 1 is 0.905 bits per heavy atom. The zero-order chi connectivity index (χ0) is 14.7. The third kappa shape index (κ3) is 4.41. The van der Waals surface area contributed by atoms with Crippen LogP contribution >= 0.6 is 0 Å². The minimum Gasteiger partial charge on any atom is -0.373 e. The second-order valence-corrected chi connectivity index (χ2v) is 6.15. The maximum Gasteiger partial charge on any atom is 0.327 e. The lowest BCUT2D eigenvalue weighted by molar-refractivity contribution is -0.125. The number of nitrogens with zero attached hydrogens (tertiary/aromatic N) is 2. The highest BCUT2D eigenvalue weighted by Gasteiger charge is 2.35. The van der Waals surface area contributed by atoms with Crippen LogP contribution in [0, 0.1) is 0 Å². The molecule has 3 aliphatic heterocycles. The monoisotopic (exact) mass is 296 g/mol. The quantitative estimate of drug-likeness (QED) is 0.347. The Balaban J connectivity index is 1.32. The molecule has 21 heavy (non-hydrogen) atoms. The van der Waals surface area contributed by atoms with Gasteiger partial charge in [-0.3, -0.25) is 9.69 Å². The minimum atomic E-state index is -0.106. The summed E-state index contributed by atoms with van der Waals surface area (Å²) in [5, 5.41) is 0. The van der Waals surface area contributed by atoms with Crippen LogP contribution in [0.4, 0.5) is 4.79 Å². The van der Waals surface area contributed by atoms with Gasteiger partial charge in [-0.25, -0.2) is 4.79 Å². The fourth-order valence-electron chi connectivity index (χ4n) is 2.77. The number of imide groups is 1. The zero-order valence-electron chi connectivity index (χ0n) is 12.5. The minimum absolute atomic E-state index is 0.0480. The third-order valence-electron chi connectivity index (χ3n) is 4.30. The van der Waals surface area contributed by atoms with Crippen molar-refractivity contribution < 1.29 is 19.1 Å². The summed E-state index contributed by atoms with van der Waals surface area (Å²) >= 11 is 0. The van der Waals surface area contributed by atoms with E-state index in [-0.39, 0.29) is 18.5 Å². The lowest BCUT2D eigenvalue weighted by Gasteiger charge is -2.16. The van der Waals surface area contributed by atoms with Gasteiger partial charge in [0, 0.05) is 13.1 Å². The number of epoxide rings is 2. The van der Waals surface area contributed by atoms with Crippen molar-refractivity contribution in [3.05, 3.63) is 0 Å². The first-order valence-corrected chi connectivity index (χ1v) is 8.06. The van der Waals surface area contributed by atoms with Crippen LogP contribution in [0.3, 0.4) is 0 Å². The molecule has 0 saturated carbocycles. The van der Waals surface area contributed by atoms with Crippen molar-refractivity contribution in [2.45, 2.75) is 50.7 Å². The number of carbonyl (C=O) groups excluding carboxylic acids is 2. The van der Waals surface area contributed by atoms with E-state index in [1.165, 1.54) is 4.90 Å². The molecule has 2 unspecified atom stereocenters. The molecule has 3 aliphatic rings. The lowest BCUT2D eigenvalue weighted by atomic mass is 10.2. The standard InChI is InChI=1S/C15H24N2O4/c18-14-9-16(7-3-1-5-12-10-20-12)15(19)17(14)8-4-2-6-13-11-21-13/h12-13H,1-11H2. The fraction of sp³-hybridized carbons (Fsp3) is 0.867. The average molecular weight is 296 g/mol. The van der Waals surface area contributed by atoms with Crippen molar-refractivity contribution in [3.63, 3.8) is 0 Å². The van der Waals surface area contributed by atoms with Crippen molar-refractivity contribution in [1.82, 2.24) is 9.80 Å². The largest absolute Gasteiger partial charge is 0.373 e. The normalized spacial score (nSPS) is 27.6. The maximum atomic E-state index is 12.2. The Hall–Kier alpha value is -1.14. The van der Waals surface area contributed by atoms with E-state index >= 15 is 0 Å². The summed E-state index contributed by atoms with van der Waals surface area (Å²) in [6.07, 6.45) is 6.91. The van der Waals surface area contributed by atoms with Crippen LogP contribution in [0.5, 0.6) is 0 Å². The van der Waals surface area contributed by atoms with Gasteiger partial charge in [-0.2, -0.15) is 0 Å². The topological polar surface area (TPSA) is 65.7 Å². The predicted molar refractivity (Wildman–Crippen MR) is 75.9 cm³/mol. The molecular formula is C15H24N2O4. The van der Waals surface area contributed by atoms with Gasteiger partial charge in [0.1, 0.15) is 6.54 Å².